The first-order chi connectivity index (χ1) is 14.9. The molecule has 0 aliphatic carbocycles. The predicted octanol–water partition coefficient (Wildman–Crippen LogP) is 2.78. The van der Waals surface area contributed by atoms with Gasteiger partial charge in [0.25, 0.3) is 11.6 Å². The molecule has 2 amide bonds. The average molecular weight is 442 g/mol. The molecule has 0 bridgehead atoms. The van der Waals surface area contributed by atoms with E-state index in [0.717, 1.165) is 24.5 Å². The van der Waals surface area contributed by atoms with E-state index in [1.165, 1.54) is 24.3 Å². The Kier molecular flexibility index (Phi) is 7.14. The molecule has 2 aromatic rings. The van der Waals surface area contributed by atoms with E-state index in [-0.39, 0.29) is 22.3 Å². The second kappa shape index (κ2) is 9.98. The van der Waals surface area contributed by atoms with Crippen LogP contribution >= 0.6 is 12.2 Å². The van der Waals surface area contributed by atoms with Crippen LogP contribution in [0.5, 0.6) is 0 Å². The van der Waals surface area contributed by atoms with Crippen molar-refractivity contribution in [3.8, 4) is 0 Å². The van der Waals surface area contributed by atoms with Gasteiger partial charge in [-0.15, -0.1) is 0 Å². The van der Waals surface area contributed by atoms with Gasteiger partial charge in [-0.05, 0) is 48.6 Å². The molecule has 0 unspecified atom stereocenters. The van der Waals surface area contributed by atoms with Gasteiger partial charge in [0.15, 0.2) is 5.11 Å². The number of benzene rings is 2. The number of amides is 2. The summed E-state index contributed by atoms with van der Waals surface area (Å²) in [4.78, 5) is 38.3. The van der Waals surface area contributed by atoms with Gasteiger partial charge >= 0.3 is 0 Å². The van der Waals surface area contributed by atoms with Gasteiger partial charge in [0, 0.05) is 61.7 Å². The number of non-ortho nitro benzene ring substituents is 1. The molecule has 9 nitrogen and oxygen atoms in total. The normalized spacial score (nSPS) is 13.5. The fraction of sp³-hybridized carbons (Fsp3) is 0.286. The van der Waals surface area contributed by atoms with Crippen molar-refractivity contribution < 1.29 is 14.5 Å². The fourth-order valence-corrected chi connectivity index (χ4v) is 3.48. The summed E-state index contributed by atoms with van der Waals surface area (Å²) in [5.41, 5.74) is 1.95. The summed E-state index contributed by atoms with van der Waals surface area (Å²) in [5, 5.41) is 16.3. The Balaban J connectivity index is 1.51. The lowest BCUT2D eigenvalue weighted by molar-refractivity contribution is -0.384. The number of rotatable bonds is 5. The SMILES string of the molecule is CCC(=O)N1CCN(c2ccc(NC(=S)NC(=O)c3ccc([N+](=O)[O-])cc3)cc2)CC1. The third kappa shape index (κ3) is 5.76. The van der Waals surface area contributed by atoms with Gasteiger partial charge in [0.1, 0.15) is 0 Å². The predicted molar refractivity (Wildman–Crippen MR) is 122 cm³/mol. The second-order valence-electron chi connectivity index (χ2n) is 6.98. The Bertz CT molecular complexity index is 970. The Morgan fingerprint density at radius 1 is 1.03 bits per heavy atom. The molecule has 1 aliphatic rings. The molecule has 31 heavy (non-hydrogen) atoms. The van der Waals surface area contributed by atoms with E-state index in [2.05, 4.69) is 15.5 Å². The van der Waals surface area contributed by atoms with Crippen LogP contribution in [0.1, 0.15) is 23.7 Å². The molecule has 3 rings (SSSR count). The molecule has 2 N–H and O–H groups in total. The molecule has 162 valence electrons. The van der Waals surface area contributed by atoms with Gasteiger partial charge in [-0.1, -0.05) is 6.92 Å². The Labute approximate surface area is 185 Å². The van der Waals surface area contributed by atoms with Crippen LogP contribution in [-0.2, 0) is 4.79 Å². The largest absolute Gasteiger partial charge is 0.368 e. The minimum atomic E-state index is -0.526. The number of piperazine rings is 1. The summed E-state index contributed by atoms with van der Waals surface area (Å²) < 4.78 is 0. The van der Waals surface area contributed by atoms with Gasteiger partial charge in [-0.25, -0.2) is 0 Å². The molecule has 10 heteroatoms. The summed E-state index contributed by atoms with van der Waals surface area (Å²) in [5.74, 6) is -0.271. The fourth-order valence-electron chi connectivity index (χ4n) is 3.27. The van der Waals surface area contributed by atoms with Gasteiger partial charge in [0.05, 0.1) is 4.92 Å². The number of nitrogens with one attached hydrogen (secondary N) is 2. The lowest BCUT2D eigenvalue weighted by Gasteiger charge is -2.36. The van der Waals surface area contributed by atoms with E-state index in [4.69, 9.17) is 12.2 Å². The summed E-state index contributed by atoms with van der Waals surface area (Å²) in [7, 11) is 0. The number of nitrogens with zero attached hydrogens (tertiary/aromatic N) is 3. The molecule has 1 heterocycles. The first-order valence-corrected chi connectivity index (χ1v) is 10.3. The molecular formula is C21H23N5O4S. The van der Waals surface area contributed by atoms with Crippen LogP contribution < -0.4 is 15.5 Å². The average Bonchev–Trinajstić information content (AvgIpc) is 2.79. The van der Waals surface area contributed by atoms with E-state index in [1.54, 1.807) is 0 Å². The van der Waals surface area contributed by atoms with Crippen molar-refractivity contribution in [1.82, 2.24) is 10.2 Å². The second-order valence-corrected chi connectivity index (χ2v) is 7.39. The highest BCUT2D eigenvalue weighted by Crippen LogP contribution is 2.20. The molecule has 2 aromatic carbocycles. The Morgan fingerprint density at radius 2 is 1.65 bits per heavy atom. The van der Waals surface area contributed by atoms with Gasteiger partial charge in [0.2, 0.25) is 5.91 Å². The smallest absolute Gasteiger partial charge is 0.269 e. The van der Waals surface area contributed by atoms with Crippen LogP contribution in [0.4, 0.5) is 17.1 Å². The number of thiocarbonyl (C=S) groups is 1. The summed E-state index contributed by atoms with van der Waals surface area (Å²) >= 11 is 5.19. The van der Waals surface area contributed by atoms with Gasteiger partial charge in [-0.3, -0.25) is 25.0 Å². The first-order valence-electron chi connectivity index (χ1n) is 9.87. The van der Waals surface area contributed by atoms with E-state index < -0.39 is 10.8 Å². The van der Waals surface area contributed by atoms with Crippen LogP contribution in [0.25, 0.3) is 0 Å². The number of anilines is 2. The molecule has 1 saturated heterocycles. The molecule has 1 fully saturated rings. The monoisotopic (exact) mass is 441 g/mol. The quantitative estimate of drug-likeness (QED) is 0.417. The number of nitro benzene ring substituents is 1. The minimum absolute atomic E-state index is 0.0873. The maximum Gasteiger partial charge on any atom is 0.269 e. The highest BCUT2D eigenvalue weighted by Gasteiger charge is 2.20. The molecule has 0 atom stereocenters. The lowest BCUT2D eigenvalue weighted by Crippen LogP contribution is -2.48. The van der Waals surface area contributed by atoms with Crippen LogP contribution in [0.15, 0.2) is 48.5 Å². The number of hydrogen-bond donors (Lipinski definition) is 2. The van der Waals surface area contributed by atoms with Crippen LogP contribution in [0, 0.1) is 10.1 Å². The summed E-state index contributed by atoms with van der Waals surface area (Å²) in [6.07, 6.45) is 0.529. The van der Waals surface area contributed by atoms with E-state index >= 15 is 0 Å². The van der Waals surface area contributed by atoms with Crippen molar-refractivity contribution in [2.24, 2.45) is 0 Å². The summed E-state index contributed by atoms with van der Waals surface area (Å²) in [6, 6.07) is 12.9. The standard InChI is InChI=1S/C21H23N5O4S/c1-2-19(27)25-13-11-24(12-14-25)17-9-5-16(6-10-17)22-21(31)23-20(28)15-3-7-18(8-4-15)26(29)30/h3-10H,2,11-14H2,1H3,(H2,22,23,28,31). The molecule has 0 saturated carbocycles. The lowest BCUT2D eigenvalue weighted by atomic mass is 10.2. The van der Waals surface area contributed by atoms with Gasteiger partial charge < -0.3 is 15.1 Å². The number of carbonyl (C=O) groups is 2. The summed E-state index contributed by atoms with van der Waals surface area (Å²) in [6.45, 7) is 4.86. The Morgan fingerprint density at radius 3 is 2.19 bits per heavy atom. The van der Waals surface area contributed by atoms with Crippen molar-refractivity contribution in [1.29, 1.82) is 0 Å². The van der Waals surface area contributed by atoms with E-state index in [9.17, 15) is 19.7 Å². The maximum absolute atomic E-state index is 12.2. The highest BCUT2D eigenvalue weighted by molar-refractivity contribution is 7.80. The maximum atomic E-state index is 12.2. The highest BCUT2D eigenvalue weighted by atomic mass is 32.1. The van der Waals surface area contributed by atoms with E-state index in [1.807, 2.05) is 36.1 Å². The molecule has 0 radical (unpaired) electrons. The zero-order chi connectivity index (χ0) is 22.4. The van der Waals surface area contributed by atoms with Crippen molar-refractivity contribution in [3.05, 3.63) is 64.2 Å². The molecular weight excluding hydrogens is 418 g/mol. The Hall–Kier alpha value is -3.53. The van der Waals surface area contributed by atoms with E-state index in [0.29, 0.717) is 19.5 Å². The number of hydrogen-bond acceptors (Lipinski definition) is 6. The van der Waals surface area contributed by atoms with Gasteiger partial charge in [-0.2, -0.15) is 0 Å². The molecule has 0 spiro atoms. The molecule has 1 aliphatic heterocycles. The van der Waals surface area contributed by atoms with Crippen LogP contribution in [0.3, 0.4) is 0 Å². The van der Waals surface area contributed by atoms with Crippen molar-refractivity contribution in [2.45, 2.75) is 13.3 Å². The van der Waals surface area contributed by atoms with Crippen LogP contribution in [-0.4, -0.2) is 52.9 Å². The van der Waals surface area contributed by atoms with Crippen LogP contribution in [0.2, 0.25) is 0 Å². The first kappa shape index (κ1) is 22.2. The topological polar surface area (TPSA) is 108 Å². The third-order valence-corrected chi connectivity index (χ3v) is 5.20. The van der Waals surface area contributed by atoms with Crippen molar-refractivity contribution in [2.75, 3.05) is 36.4 Å². The zero-order valence-corrected chi connectivity index (χ0v) is 17.9. The zero-order valence-electron chi connectivity index (χ0n) is 17.0. The number of nitro groups is 1. The van der Waals surface area contributed by atoms with Crippen molar-refractivity contribution in [3.63, 3.8) is 0 Å². The number of carbonyl (C=O) groups excluding carboxylic acids is 2. The van der Waals surface area contributed by atoms with Crippen molar-refractivity contribution >= 4 is 46.2 Å². The minimum Gasteiger partial charge on any atom is -0.368 e. The third-order valence-electron chi connectivity index (χ3n) is 4.99. The molecule has 0 aromatic heterocycles.